The van der Waals surface area contributed by atoms with Crippen molar-refractivity contribution in [1.82, 2.24) is 4.90 Å². The third-order valence-corrected chi connectivity index (χ3v) is 11.9. The number of nitrogens with zero attached hydrogens (tertiary/aromatic N) is 1. The van der Waals surface area contributed by atoms with Gasteiger partial charge in [0.1, 0.15) is 18.5 Å². The molecule has 9 nitrogen and oxygen atoms in total. The van der Waals surface area contributed by atoms with Crippen LogP contribution in [0.2, 0.25) is 0 Å². The number of likely N-dealkylation sites (N-methyl/N-ethyl adjacent to an activating group) is 1. The van der Waals surface area contributed by atoms with E-state index in [9.17, 15) is 15.0 Å². The first-order valence-electron chi connectivity index (χ1n) is 13.3. The average molecular weight is 494 g/mol. The number of ether oxygens (including phenoxy) is 5. The highest BCUT2D eigenvalue weighted by molar-refractivity contribution is 5.67. The molecule has 0 aromatic heterocycles. The highest BCUT2D eigenvalue weighted by Crippen LogP contribution is 2.83. The van der Waals surface area contributed by atoms with Crippen LogP contribution in [0.5, 0.6) is 0 Å². The van der Waals surface area contributed by atoms with Crippen LogP contribution in [0.25, 0.3) is 0 Å². The predicted octanol–water partition coefficient (Wildman–Crippen LogP) is 0.696. The highest BCUT2D eigenvalue weighted by atomic mass is 16.7. The van der Waals surface area contributed by atoms with E-state index >= 15 is 0 Å². The summed E-state index contributed by atoms with van der Waals surface area (Å²) in [5, 5.41) is 25.0. The summed E-state index contributed by atoms with van der Waals surface area (Å²) in [4.78, 5) is 15.1. The van der Waals surface area contributed by atoms with E-state index in [1.807, 2.05) is 0 Å². The van der Waals surface area contributed by atoms with Gasteiger partial charge in [-0.05, 0) is 31.2 Å². The van der Waals surface area contributed by atoms with Crippen LogP contribution in [-0.4, -0.2) is 102 Å². The van der Waals surface area contributed by atoms with Gasteiger partial charge in [-0.1, -0.05) is 13.8 Å². The topological polar surface area (TPSA) is 107 Å². The van der Waals surface area contributed by atoms with E-state index in [-0.39, 0.29) is 48.3 Å². The number of carbonyl (C=O) groups excluding carboxylic acids is 1. The van der Waals surface area contributed by atoms with Crippen molar-refractivity contribution < 1.29 is 38.7 Å². The normalized spacial score (nSPS) is 61.6. The van der Waals surface area contributed by atoms with Gasteiger partial charge in [-0.25, -0.2) is 0 Å². The van der Waals surface area contributed by atoms with Crippen molar-refractivity contribution in [3.63, 3.8) is 0 Å². The first kappa shape index (κ1) is 23.3. The van der Waals surface area contributed by atoms with Gasteiger partial charge in [-0.15, -0.1) is 0 Å². The fourth-order valence-corrected chi connectivity index (χ4v) is 11.5. The Kier molecular flexibility index (Phi) is 4.52. The maximum absolute atomic E-state index is 13.2. The molecule has 0 amide bonds. The Bertz CT molecular complexity index is 964. The van der Waals surface area contributed by atoms with Gasteiger partial charge in [0, 0.05) is 51.9 Å². The zero-order valence-electron chi connectivity index (χ0n) is 21.4. The Morgan fingerprint density at radius 1 is 1.17 bits per heavy atom. The minimum absolute atomic E-state index is 0.0311. The summed E-state index contributed by atoms with van der Waals surface area (Å²) >= 11 is 0. The first-order valence-corrected chi connectivity index (χ1v) is 13.3. The summed E-state index contributed by atoms with van der Waals surface area (Å²) in [5.74, 6) is -1.33. The number of piperidine rings is 1. The van der Waals surface area contributed by atoms with Crippen LogP contribution in [0.4, 0.5) is 0 Å². The Hall–Kier alpha value is -0.810. The molecular formula is C26H39NO8. The van der Waals surface area contributed by atoms with Crippen LogP contribution in [0.15, 0.2) is 0 Å². The number of esters is 1. The molecule has 2 N–H and O–H groups in total. The van der Waals surface area contributed by atoms with Crippen LogP contribution in [0, 0.1) is 28.6 Å². The molecule has 7 bridgehead atoms. The minimum Gasteiger partial charge on any atom is -0.459 e. The lowest BCUT2D eigenvalue weighted by Crippen LogP contribution is -2.85. The smallest absolute Gasteiger partial charge is 0.303 e. The van der Waals surface area contributed by atoms with Crippen LogP contribution < -0.4 is 0 Å². The fourth-order valence-electron chi connectivity index (χ4n) is 11.5. The number of hydrogen-bond donors (Lipinski definition) is 2. The van der Waals surface area contributed by atoms with Crippen LogP contribution in [-0.2, 0) is 28.5 Å². The number of hydrogen-bond acceptors (Lipinski definition) is 9. The molecular weight excluding hydrogens is 454 g/mol. The lowest BCUT2D eigenvalue weighted by atomic mass is 9.41. The van der Waals surface area contributed by atoms with Gasteiger partial charge in [0.25, 0.3) is 0 Å². The van der Waals surface area contributed by atoms with Crippen molar-refractivity contribution in [1.29, 1.82) is 0 Å². The third kappa shape index (κ3) is 2.09. The summed E-state index contributed by atoms with van der Waals surface area (Å²) in [6, 6.07) is -0.280. The van der Waals surface area contributed by atoms with E-state index in [0.717, 1.165) is 25.9 Å². The van der Waals surface area contributed by atoms with E-state index in [0.29, 0.717) is 12.8 Å². The number of fused-ring (bicyclic) bond motifs is 1. The second kappa shape index (κ2) is 6.79. The van der Waals surface area contributed by atoms with E-state index in [1.54, 1.807) is 14.2 Å². The standard InChI is InChI=1S/C26H39NO8/c1-6-27-11-22(3)8-7-16(32-5)25-19(22)20(35-13(2)28)26(21(25)27)24(33-12-34-26)10-15(31-4)14-9-23(25,30)18(24)17(14)29/h14-21,29-30H,6-12H2,1-5H3/t14?,15?,16?,17?,18-,19+,20-,21-,22-,23-,24+,25?,26?/m1/s1. The predicted molar refractivity (Wildman–Crippen MR) is 121 cm³/mol. The van der Waals surface area contributed by atoms with Crippen molar-refractivity contribution in [3.05, 3.63) is 0 Å². The summed E-state index contributed by atoms with van der Waals surface area (Å²) in [7, 11) is 3.39. The van der Waals surface area contributed by atoms with Crippen LogP contribution >= 0.6 is 0 Å². The number of aliphatic hydroxyl groups is 2. The van der Waals surface area contributed by atoms with E-state index in [1.165, 1.54) is 6.92 Å². The second-order valence-corrected chi connectivity index (χ2v) is 12.7. The molecule has 2 saturated heterocycles. The molecule has 5 aliphatic carbocycles. The SMILES string of the molecule is CCN1C[C@@]2(C)CCC(OC)C34[C@@H]1C1(OCO[C@]15CC(OC)C1C[C@@]3(O)[C@H]5C1O)[C@H](OC(C)=O)[C@H]42. The molecule has 0 aromatic carbocycles. The lowest BCUT2D eigenvalue weighted by Gasteiger charge is -2.71. The molecule has 2 aliphatic heterocycles. The van der Waals surface area contributed by atoms with Crippen molar-refractivity contribution in [2.24, 2.45) is 28.6 Å². The number of methoxy groups -OCH3 is 2. The van der Waals surface area contributed by atoms with E-state index < -0.39 is 40.3 Å². The van der Waals surface area contributed by atoms with Gasteiger partial charge in [0.15, 0.2) is 5.60 Å². The van der Waals surface area contributed by atoms with Gasteiger partial charge >= 0.3 is 5.97 Å². The summed E-state index contributed by atoms with van der Waals surface area (Å²) in [6.45, 7) is 7.50. The number of rotatable bonds is 4. The van der Waals surface area contributed by atoms with Crippen molar-refractivity contribution >= 4 is 5.97 Å². The Morgan fingerprint density at radius 2 is 1.94 bits per heavy atom. The molecule has 6 unspecified atom stereocenters. The first-order chi connectivity index (χ1) is 16.6. The van der Waals surface area contributed by atoms with Gasteiger partial charge in [-0.2, -0.15) is 0 Å². The van der Waals surface area contributed by atoms with E-state index in [4.69, 9.17) is 23.7 Å². The molecule has 9 heteroatoms. The number of carbonyl (C=O) groups is 1. The third-order valence-electron chi connectivity index (χ3n) is 11.9. The quantitative estimate of drug-likeness (QED) is 0.547. The second-order valence-electron chi connectivity index (χ2n) is 12.7. The summed E-state index contributed by atoms with van der Waals surface area (Å²) < 4.78 is 31.9. The molecule has 13 atom stereocenters. The maximum Gasteiger partial charge on any atom is 0.303 e. The monoisotopic (exact) mass is 493 g/mol. The van der Waals surface area contributed by atoms with Gasteiger partial charge in [-0.3, -0.25) is 9.69 Å². The van der Waals surface area contributed by atoms with Crippen molar-refractivity contribution in [3.8, 4) is 0 Å². The lowest BCUT2D eigenvalue weighted by molar-refractivity contribution is -0.331. The molecule has 196 valence electrons. The fraction of sp³-hybridized carbons (Fsp3) is 0.962. The Balaban J connectivity index is 1.61. The molecule has 0 aromatic rings. The molecule has 35 heavy (non-hydrogen) atoms. The van der Waals surface area contributed by atoms with Crippen LogP contribution in [0.3, 0.4) is 0 Å². The van der Waals surface area contributed by atoms with Gasteiger partial charge in [0.2, 0.25) is 0 Å². The summed E-state index contributed by atoms with van der Waals surface area (Å²) in [6.07, 6.45) is 0.601. The highest BCUT2D eigenvalue weighted by Gasteiger charge is 2.97. The molecule has 7 aliphatic rings. The Labute approximate surface area is 206 Å². The van der Waals surface area contributed by atoms with Gasteiger partial charge < -0.3 is 33.9 Å². The number of likely N-dealkylation sites (tertiary alicyclic amines) is 1. The van der Waals surface area contributed by atoms with Gasteiger partial charge in [0.05, 0.1) is 35.4 Å². The van der Waals surface area contributed by atoms with Crippen molar-refractivity contribution in [2.45, 2.75) is 93.7 Å². The minimum atomic E-state index is -1.29. The average Bonchev–Trinajstić information content (AvgIpc) is 3.34. The zero-order valence-corrected chi connectivity index (χ0v) is 21.4. The molecule has 0 radical (unpaired) electrons. The molecule has 7 fully saturated rings. The summed E-state index contributed by atoms with van der Waals surface area (Å²) in [5.41, 5.74) is -4.39. The zero-order chi connectivity index (χ0) is 24.8. The maximum atomic E-state index is 13.2. The van der Waals surface area contributed by atoms with E-state index in [2.05, 4.69) is 18.7 Å². The number of aliphatic hydroxyl groups excluding tert-OH is 1. The largest absolute Gasteiger partial charge is 0.459 e. The molecule has 5 saturated carbocycles. The van der Waals surface area contributed by atoms with Crippen molar-refractivity contribution in [2.75, 3.05) is 34.1 Å². The Morgan fingerprint density at radius 3 is 2.60 bits per heavy atom. The molecule has 3 spiro atoms. The molecule has 2 heterocycles. The van der Waals surface area contributed by atoms with Crippen LogP contribution in [0.1, 0.15) is 46.5 Å². The molecule has 7 rings (SSSR count).